The number of para-hydroxylation sites is 1. The molecule has 52 heavy (non-hydrogen) atoms. The van der Waals surface area contributed by atoms with E-state index in [9.17, 15) is 34.5 Å². The van der Waals surface area contributed by atoms with Crippen LogP contribution >= 0.6 is 0 Å². The number of aliphatic hydroxyl groups is 3. The third-order valence-electron chi connectivity index (χ3n) is 9.12. The van der Waals surface area contributed by atoms with Crippen molar-refractivity contribution >= 4 is 29.1 Å². The van der Waals surface area contributed by atoms with Crippen LogP contribution in [-0.4, -0.2) is 120 Å². The first-order valence-corrected chi connectivity index (χ1v) is 16.7. The number of hydrogen-bond donors (Lipinski definition) is 5. The lowest BCUT2D eigenvalue weighted by Gasteiger charge is -2.40. The Morgan fingerprint density at radius 1 is 1.08 bits per heavy atom. The molecule has 3 aromatic rings. The minimum atomic E-state index is -1.85. The van der Waals surface area contributed by atoms with E-state index in [1.165, 1.54) is 0 Å². The molecule has 1 aromatic carbocycles. The van der Waals surface area contributed by atoms with Crippen molar-refractivity contribution in [3.8, 4) is 11.4 Å². The van der Waals surface area contributed by atoms with Crippen LogP contribution in [0.2, 0.25) is 0 Å². The number of cyclic esters (lactones) is 1. The number of carbonyl (C=O) groups is 3. The molecular formula is C34H40N4O14. The molecule has 18 heteroatoms. The van der Waals surface area contributed by atoms with Gasteiger partial charge in [-0.2, -0.15) is 0 Å². The predicted octanol–water partition coefficient (Wildman–Crippen LogP) is -0.234. The van der Waals surface area contributed by atoms with E-state index in [0.29, 0.717) is 17.9 Å². The minimum absolute atomic E-state index is 0.0161. The van der Waals surface area contributed by atoms with Crippen molar-refractivity contribution in [1.29, 1.82) is 0 Å². The van der Waals surface area contributed by atoms with Gasteiger partial charge >= 0.3 is 18.2 Å². The summed E-state index contributed by atoms with van der Waals surface area (Å²) in [5, 5.41) is 33.4. The molecule has 6 rings (SSSR count). The molecule has 2 aromatic heterocycles. The highest BCUT2D eigenvalue weighted by molar-refractivity contribution is 5.88. The van der Waals surface area contributed by atoms with Gasteiger partial charge in [-0.1, -0.05) is 25.1 Å². The average Bonchev–Trinajstić information content (AvgIpc) is 3.49. The number of amides is 2. The van der Waals surface area contributed by atoms with E-state index in [1.807, 2.05) is 30.3 Å². The number of nitrogens with zero attached hydrogens (tertiary/aromatic N) is 2. The van der Waals surface area contributed by atoms with Crippen molar-refractivity contribution in [3.05, 3.63) is 63.4 Å². The van der Waals surface area contributed by atoms with Crippen molar-refractivity contribution < 1.29 is 62.9 Å². The molecule has 0 unspecified atom stereocenters. The van der Waals surface area contributed by atoms with E-state index in [2.05, 4.69) is 5.32 Å². The van der Waals surface area contributed by atoms with E-state index >= 15 is 0 Å². The number of hydrogen-bond acceptors (Lipinski definition) is 15. The number of primary amides is 1. The van der Waals surface area contributed by atoms with Crippen LogP contribution in [-0.2, 0) is 56.7 Å². The van der Waals surface area contributed by atoms with Crippen LogP contribution in [0.25, 0.3) is 22.3 Å². The first kappa shape index (κ1) is 37.1. The number of benzene rings is 1. The normalized spacial score (nSPS) is 24.8. The maximum Gasteiger partial charge on any atom is 0.408 e. The first-order chi connectivity index (χ1) is 25.1. The molecule has 0 bridgehead atoms. The SMILES string of the molecule is CC[C@@]1(OC(=O)NCCOCCOCCO[C@@H]2O[C@H](CO)[C@@H](O)[C@H](OC(N)=O)[C@@H]2O)C(=O)OCc2c1cc1n(c2=O)Cc2cc3ccccc3nc2-1. The third-order valence-corrected chi connectivity index (χ3v) is 9.12. The van der Waals surface area contributed by atoms with E-state index in [1.54, 1.807) is 17.6 Å². The number of rotatable bonds is 14. The topological polar surface area (TPSA) is 249 Å². The van der Waals surface area contributed by atoms with Gasteiger partial charge in [0.1, 0.15) is 24.9 Å². The highest BCUT2D eigenvalue weighted by Gasteiger charge is 2.51. The lowest BCUT2D eigenvalue weighted by molar-refractivity contribution is -0.301. The molecule has 6 N–H and O–H groups in total. The fraction of sp³-hybridized carbons (Fsp3) is 0.500. The summed E-state index contributed by atoms with van der Waals surface area (Å²) >= 11 is 0. The van der Waals surface area contributed by atoms with Crippen LogP contribution in [0.3, 0.4) is 0 Å². The summed E-state index contributed by atoms with van der Waals surface area (Å²) in [6.45, 7) is 1.49. The molecule has 2 amide bonds. The molecule has 6 atom stereocenters. The van der Waals surface area contributed by atoms with Crippen LogP contribution in [0.1, 0.15) is 30.0 Å². The summed E-state index contributed by atoms with van der Waals surface area (Å²) in [4.78, 5) is 55.8. The van der Waals surface area contributed by atoms with Crippen LogP contribution in [0.4, 0.5) is 9.59 Å². The zero-order chi connectivity index (χ0) is 37.0. The molecule has 0 spiro atoms. The van der Waals surface area contributed by atoms with Crippen LogP contribution in [0.5, 0.6) is 0 Å². The Labute approximate surface area is 296 Å². The number of aliphatic hydroxyl groups excluding tert-OH is 3. The summed E-state index contributed by atoms with van der Waals surface area (Å²) in [5.74, 6) is -0.779. The van der Waals surface area contributed by atoms with Crippen molar-refractivity contribution in [2.45, 2.75) is 62.8 Å². The van der Waals surface area contributed by atoms with E-state index in [4.69, 9.17) is 43.9 Å². The number of nitrogens with two attached hydrogens (primary N) is 1. The van der Waals surface area contributed by atoms with Gasteiger partial charge in [-0.15, -0.1) is 0 Å². The molecule has 3 aliphatic rings. The van der Waals surface area contributed by atoms with Gasteiger partial charge in [-0.25, -0.2) is 19.4 Å². The number of aromatic nitrogens is 2. The predicted molar refractivity (Wildman–Crippen MR) is 177 cm³/mol. The standard InChI is InChI=1S/C34H40N4O14/c1-2-34(21-14-23-25-19(13-18-5-3-4-6-22(18)37-25)15-38(23)29(42)20(21)17-49-31(34)43)52-33(45)36-7-8-46-9-10-47-11-12-48-30-27(41)28(51-32(35)44)26(40)24(16-39)50-30/h3-6,13-14,24,26-28,30,39-41H,2,7-12,15-17H2,1H3,(H2,35,44)(H,36,45)/t24-,26-,27+,28+,30-,34+/m1/s1. The summed E-state index contributed by atoms with van der Waals surface area (Å²) < 4.78 is 39.1. The van der Waals surface area contributed by atoms with Gasteiger partial charge in [0.05, 0.1) is 68.7 Å². The lowest BCUT2D eigenvalue weighted by atomic mass is 9.85. The highest BCUT2D eigenvalue weighted by atomic mass is 16.7. The van der Waals surface area contributed by atoms with Gasteiger partial charge in [-0.3, -0.25) is 4.79 Å². The molecule has 280 valence electrons. The van der Waals surface area contributed by atoms with E-state index in [-0.39, 0.29) is 69.3 Å². The second kappa shape index (κ2) is 15.9. The minimum Gasteiger partial charge on any atom is -0.457 e. The second-order valence-electron chi connectivity index (χ2n) is 12.3. The molecule has 1 fully saturated rings. The highest BCUT2D eigenvalue weighted by Crippen LogP contribution is 2.41. The summed E-state index contributed by atoms with van der Waals surface area (Å²) in [5.41, 5.74) is 6.09. The monoisotopic (exact) mass is 728 g/mol. The molecular weight excluding hydrogens is 688 g/mol. The van der Waals surface area contributed by atoms with Crippen LogP contribution in [0.15, 0.2) is 41.2 Å². The van der Waals surface area contributed by atoms with E-state index < -0.39 is 61.1 Å². The molecule has 0 saturated carbocycles. The van der Waals surface area contributed by atoms with Gasteiger partial charge in [0.2, 0.25) is 5.60 Å². The molecule has 0 radical (unpaired) electrons. The molecule has 0 aliphatic carbocycles. The van der Waals surface area contributed by atoms with Crippen LogP contribution in [0, 0.1) is 0 Å². The zero-order valence-electron chi connectivity index (χ0n) is 28.2. The Balaban J connectivity index is 0.968. The molecule has 5 heterocycles. The number of esters is 1. The van der Waals surface area contributed by atoms with Crippen molar-refractivity contribution in [3.63, 3.8) is 0 Å². The average molecular weight is 729 g/mol. The number of nitrogens with one attached hydrogen (secondary N) is 1. The van der Waals surface area contributed by atoms with Crippen molar-refractivity contribution in [1.82, 2.24) is 14.9 Å². The van der Waals surface area contributed by atoms with Gasteiger partial charge in [0, 0.05) is 23.1 Å². The van der Waals surface area contributed by atoms with Gasteiger partial charge in [-0.05, 0) is 24.6 Å². The maximum atomic E-state index is 13.7. The Hall–Kier alpha value is -4.69. The van der Waals surface area contributed by atoms with Crippen molar-refractivity contribution in [2.75, 3.05) is 46.2 Å². The van der Waals surface area contributed by atoms with Gasteiger partial charge < -0.3 is 64.1 Å². The molecule has 3 aliphatic heterocycles. The van der Waals surface area contributed by atoms with Crippen LogP contribution < -0.4 is 16.6 Å². The molecule has 1 saturated heterocycles. The summed E-state index contributed by atoms with van der Waals surface area (Å²) in [6, 6.07) is 11.3. The second-order valence-corrected chi connectivity index (χ2v) is 12.3. The quantitative estimate of drug-likeness (QED) is 0.0639. The lowest BCUT2D eigenvalue weighted by Crippen LogP contribution is -2.60. The Kier molecular flexibility index (Phi) is 11.3. The number of ether oxygens (including phenoxy) is 7. The maximum absolute atomic E-state index is 13.7. The molecule has 18 nitrogen and oxygen atoms in total. The first-order valence-electron chi connectivity index (χ1n) is 16.7. The Morgan fingerprint density at radius 3 is 2.58 bits per heavy atom. The Bertz CT molecular complexity index is 1870. The number of fused-ring (bicyclic) bond motifs is 5. The summed E-state index contributed by atoms with van der Waals surface area (Å²) in [6.07, 6.45) is -9.17. The van der Waals surface area contributed by atoms with E-state index in [0.717, 1.165) is 16.5 Å². The van der Waals surface area contributed by atoms with Gasteiger partial charge in [0.15, 0.2) is 12.4 Å². The zero-order valence-corrected chi connectivity index (χ0v) is 28.2. The fourth-order valence-corrected chi connectivity index (χ4v) is 6.51. The third kappa shape index (κ3) is 7.31. The smallest absolute Gasteiger partial charge is 0.408 e. The largest absolute Gasteiger partial charge is 0.457 e. The van der Waals surface area contributed by atoms with Crippen molar-refractivity contribution in [2.24, 2.45) is 5.73 Å². The number of alkyl carbamates (subject to hydrolysis) is 1. The summed E-state index contributed by atoms with van der Waals surface area (Å²) in [7, 11) is 0. The Morgan fingerprint density at radius 2 is 1.83 bits per heavy atom. The van der Waals surface area contributed by atoms with Gasteiger partial charge in [0.25, 0.3) is 5.56 Å². The fourth-order valence-electron chi connectivity index (χ4n) is 6.51. The number of pyridine rings is 2. The number of carbonyl (C=O) groups excluding carboxylic acids is 3.